The Morgan fingerprint density at radius 1 is 1.22 bits per heavy atom. The molecule has 1 aliphatic rings. The molecule has 1 aromatic heterocycles. The Bertz CT molecular complexity index is 628. The standard InChI is InChI=1S/C18H26N3OS/c1-3-9-20(10-4-2)14-7-11-21(12-8-14)18-19-16-13-15(22)5-6-17(16)23-18/h5-6,13-14H,3-4,7-12H2,1-2H3. The fourth-order valence-electron chi connectivity index (χ4n) is 3.50. The maximum absolute atomic E-state index is 11.5. The van der Waals surface area contributed by atoms with Crippen LogP contribution in [-0.4, -0.2) is 42.1 Å². The molecule has 0 aliphatic carbocycles. The van der Waals surface area contributed by atoms with Gasteiger partial charge >= 0.3 is 0 Å². The molecule has 0 bridgehead atoms. The van der Waals surface area contributed by atoms with Gasteiger partial charge in [0, 0.05) is 25.2 Å². The van der Waals surface area contributed by atoms with E-state index in [0.29, 0.717) is 6.04 Å². The Hall–Kier alpha value is -1.33. The lowest BCUT2D eigenvalue weighted by atomic mass is 10.0. The van der Waals surface area contributed by atoms with E-state index in [1.54, 1.807) is 23.5 Å². The molecule has 0 unspecified atom stereocenters. The van der Waals surface area contributed by atoms with E-state index in [4.69, 9.17) is 0 Å². The number of fused-ring (bicyclic) bond motifs is 1. The summed E-state index contributed by atoms with van der Waals surface area (Å²) in [5.41, 5.74) is 0.846. The Morgan fingerprint density at radius 3 is 2.57 bits per heavy atom. The fourth-order valence-corrected chi connectivity index (χ4v) is 4.50. The number of rotatable bonds is 6. The second kappa shape index (κ2) is 7.49. The number of hydrogen-bond acceptors (Lipinski definition) is 4. The lowest BCUT2D eigenvalue weighted by Gasteiger charge is -2.38. The second-order valence-corrected chi connectivity index (χ2v) is 7.39. The molecule has 5 heteroatoms. The van der Waals surface area contributed by atoms with Gasteiger partial charge in [0.1, 0.15) is 0 Å². The van der Waals surface area contributed by atoms with Gasteiger partial charge in [0.2, 0.25) is 0 Å². The van der Waals surface area contributed by atoms with E-state index < -0.39 is 0 Å². The SMILES string of the molecule is CCCN(CCC)C1CCN(c2nc3cc([O])ccc3s2)CC1. The molecule has 0 atom stereocenters. The molecule has 2 aromatic rings. The fraction of sp³-hybridized carbons (Fsp3) is 0.611. The summed E-state index contributed by atoms with van der Waals surface area (Å²) in [4.78, 5) is 9.73. The minimum absolute atomic E-state index is 0.0443. The first-order valence-corrected chi connectivity index (χ1v) is 9.59. The van der Waals surface area contributed by atoms with Crippen LogP contribution in [0.5, 0.6) is 5.75 Å². The molecule has 1 saturated heterocycles. The van der Waals surface area contributed by atoms with Gasteiger partial charge in [-0.1, -0.05) is 25.2 Å². The third kappa shape index (κ3) is 3.78. The zero-order chi connectivity index (χ0) is 16.2. The molecule has 0 saturated carbocycles. The minimum Gasteiger partial charge on any atom is -0.348 e. The molecule has 3 rings (SSSR count). The van der Waals surface area contributed by atoms with Gasteiger partial charge in [0.15, 0.2) is 10.9 Å². The number of thiazole rings is 1. The van der Waals surface area contributed by atoms with Crippen molar-refractivity contribution >= 4 is 26.7 Å². The molecule has 1 radical (unpaired) electrons. The summed E-state index contributed by atoms with van der Waals surface area (Å²) in [7, 11) is 0. The number of anilines is 1. The van der Waals surface area contributed by atoms with Crippen molar-refractivity contribution in [3.8, 4) is 5.75 Å². The van der Waals surface area contributed by atoms with Gasteiger partial charge in [-0.2, -0.15) is 0 Å². The predicted octanol–water partition coefficient (Wildman–Crippen LogP) is 4.53. The molecule has 4 nitrogen and oxygen atoms in total. The van der Waals surface area contributed by atoms with Gasteiger partial charge < -0.3 is 9.80 Å². The smallest absolute Gasteiger partial charge is 0.186 e. The van der Waals surface area contributed by atoms with Crippen molar-refractivity contribution in [2.45, 2.75) is 45.6 Å². The quantitative estimate of drug-likeness (QED) is 0.780. The van der Waals surface area contributed by atoms with Crippen LogP contribution in [0.4, 0.5) is 5.13 Å². The largest absolute Gasteiger partial charge is 0.348 e. The highest BCUT2D eigenvalue weighted by molar-refractivity contribution is 7.22. The van der Waals surface area contributed by atoms with Gasteiger partial charge in [0.05, 0.1) is 10.2 Å². The van der Waals surface area contributed by atoms with Crippen molar-refractivity contribution in [1.29, 1.82) is 0 Å². The van der Waals surface area contributed by atoms with Gasteiger partial charge in [0.25, 0.3) is 0 Å². The first-order valence-electron chi connectivity index (χ1n) is 8.78. The predicted molar refractivity (Wildman–Crippen MR) is 97.1 cm³/mol. The van der Waals surface area contributed by atoms with Gasteiger partial charge in [-0.15, -0.1) is 0 Å². The normalized spacial score (nSPS) is 16.6. The van der Waals surface area contributed by atoms with Crippen molar-refractivity contribution < 1.29 is 5.11 Å². The zero-order valence-corrected chi connectivity index (χ0v) is 14.9. The highest BCUT2D eigenvalue weighted by Crippen LogP contribution is 2.32. The number of benzene rings is 1. The first-order chi connectivity index (χ1) is 11.2. The summed E-state index contributed by atoms with van der Waals surface area (Å²) >= 11 is 1.70. The molecule has 1 aromatic carbocycles. The van der Waals surface area contributed by atoms with Crippen LogP contribution in [-0.2, 0) is 5.11 Å². The van der Waals surface area contributed by atoms with E-state index in [1.165, 1.54) is 38.8 Å². The molecule has 1 fully saturated rings. The Morgan fingerprint density at radius 2 is 1.91 bits per heavy atom. The minimum atomic E-state index is 0.0443. The number of aromatic nitrogens is 1. The van der Waals surface area contributed by atoms with Gasteiger partial charge in [-0.3, -0.25) is 5.11 Å². The molecule has 2 heterocycles. The van der Waals surface area contributed by atoms with E-state index in [9.17, 15) is 5.11 Å². The van der Waals surface area contributed by atoms with Crippen LogP contribution in [0, 0.1) is 0 Å². The van der Waals surface area contributed by atoms with Crippen LogP contribution in [0.3, 0.4) is 0 Å². The van der Waals surface area contributed by atoms with Crippen LogP contribution in [0.25, 0.3) is 10.2 Å². The third-order valence-corrected chi connectivity index (χ3v) is 5.72. The zero-order valence-electron chi connectivity index (χ0n) is 14.1. The average molecular weight is 332 g/mol. The summed E-state index contributed by atoms with van der Waals surface area (Å²) in [5, 5.41) is 12.5. The Kier molecular flexibility index (Phi) is 5.38. The topological polar surface area (TPSA) is 39.3 Å². The first kappa shape index (κ1) is 16.5. The summed E-state index contributed by atoms with van der Waals surface area (Å²) in [5.74, 6) is 0.0443. The van der Waals surface area contributed by atoms with Gasteiger partial charge in [-0.05, 0) is 50.9 Å². The molecular formula is C18H26N3OS. The van der Waals surface area contributed by atoms with E-state index in [2.05, 4.69) is 28.6 Å². The molecular weight excluding hydrogens is 306 g/mol. The van der Waals surface area contributed by atoms with Crippen LogP contribution in [0.15, 0.2) is 18.2 Å². The lowest BCUT2D eigenvalue weighted by molar-refractivity contribution is 0.169. The third-order valence-electron chi connectivity index (χ3n) is 4.62. The highest BCUT2D eigenvalue weighted by Gasteiger charge is 2.25. The number of nitrogens with zero attached hydrogens (tertiary/aromatic N) is 3. The molecule has 0 N–H and O–H groups in total. The maximum Gasteiger partial charge on any atom is 0.186 e. The van der Waals surface area contributed by atoms with Crippen molar-refractivity contribution in [3.05, 3.63) is 18.2 Å². The Labute approximate surface area is 142 Å². The van der Waals surface area contributed by atoms with Crippen LogP contribution in [0.1, 0.15) is 39.5 Å². The van der Waals surface area contributed by atoms with E-state index in [-0.39, 0.29) is 5.75 Å². The van der Waals surface area contributed by atoms with Crippen molar-refractivity contribution in [2.75, 3.05) is 31.1 Å². The Balaban J connectivity index is 1.65. The summed E-state index contributed by atoms with van der Waals surface area (Å²) in [6.07, 6.45) is 4.89. The van der Waals surface area contributed by atoms with E-state index >= 15 is 0 Å². The summed E-state index contributed by atoms with van der Waals surface area (Å²) in [6.45, 7) is 9.10. The monoisotopic (exact) mass is 332 g/mol. The molecule has 0 spiro atoms. The van der Waals surface area contributed by atoms with Crippen LogP contribution in [0.2, 0.25) is 0 Å². The van der Waals surface area contributed by atoms with E-state index in [0.717, 1.165) is 28.4 Å². The second-order valence-electron chi connectivity index (χ2n) is 6.38. The van der Waals surface area contributed by atoms with Gasteiger partial charge in [-0.25, -0.2) is 4.98 Å². The van der Waals surface area contributed by atoms with Crippen LogP contribution >= 0.6 is 11.3 Å². The van der Waals surface area contributed by atoms with E-state index in [1.807, 2.05) is 6.07 Å². The maximum atomic E-state index is 11.5. The van der Waals surface area contributed by atoms with Crippen molar-refractivity contribution in [3.63, 3.8) is 0 Å². The summed E-state index contributed by atoms with van der Waals surface area (Å²) < 4.78 is 1.11. The molecule has 0 amide bonds. The highest BCUT2D eigenvalue weighted by atomic mass is 32.1. The average Bonchev–Trinajstić information content (AvgIpc) is 2.98. The number of hydrogen-bond donors (Lipinski definition) is 0. The number of piperidine rings is 1. The van der Waals surface area contributed by atoms with Crippen LogP contribution < -0.4 is 4.90 Å². The van der Waals surface area contributed by atoms with Crippen molar-refractivity contribution in [1.82, 2.24) is 9.88 Å². The van der Waals surface area contributed by atoms with Crippen molar-refractivity contribution in [2.24, 2.45) is 0 Å². The molecule has 1 aliphatic heterocycles. The lowest BCUT2D eigenvalue weighted by Crippen LogP contribution is -2.45. The molecule has 23 heavy (non-hydrogen) atoms. The summed E-state index contributed by atoms with van der Waals surface area (Å²) in [6, 6.07) is 5.89. The molecule has 125 valence electrons.